The molecule has 2 fully saturated rings. The second-order valence-corrected chi connectivity index (χ2v) is 9.42. The summed E-state index contributed by atoms with van der Waals surface area (Å²) < 4.78 is 31.1. The molecular formula is C16H26N4O4S. The number of amides is 1. The second kappa shape index (κ2) is 7.05. The number of hydrogen-bond acceptors (Lipinski definition) is 6. The number of aromatic nitrogens is 1. The van der Waals surface area contributed by atoms with Gasteiger partial charge in [0, 0.05) is 32.2 Å². The van der Waals surface area contributed by atoms with Gasteiger partial charge in [0.25, 0.3) is 0 Å². The van der Waals surface area contributed by atoms with E-state index in [2.05, 4.69) is 24.3 Å². The van der Waals surface area contributed by atoms with Crippen LogP contribution in [0.3, 0.4) is 0 Å². The molecule has 140 valence electrons. The Morgan fingerprint density at radius 3 is 2.68 bits per heavy atom. The summed E-state index contributed by atoms with van der Waals surface area (Å²) in [5.74, 6) is -0.0903. The predicted molar refractivity (Wildman–Crippen MR) is 92.1 cm³/mol. The van der Waals surface area contributed by atoms with Crippen molar-refractivity contribution in [2.45, 2.75) is 38.5 Å². The summed E-state index contributed by atoms with van der Waals surface area (Å²) in [5, 5.41) is 7.00. The van der Waals surface area contributed by atoms with Crippen LogP contribution in [-0.2, 0) is 20.6 Å². The van der Waals surface area contributed by atoms with Gasteiger partial charge in [-0.2, -0.15) is 4.31 Å². The Morgan fingerprint density at radius 1 is 1.36 bits per heavy atom. The van der Waals surface area contributed by atoms with E-state index in [1.54, 1.807) is 11.0 Å². The lowest BCUT2D eigenvalue weighted by Crippen LogP contribution is -2.60. The van der Waals surface area contributed by atoms with E-state index in [-0.39, 0.29) is 23.1 Å². The topological polar surface area (TPSA) is 95.8 Å². The lowest BCUT2D eigenvalue weighted by Gasteiger charge is -2.42. The van der Waals surface area contributed by atoms with Crippen LogP contribution < -0.4 is 5.32 Å². The summed E-state index contributed by atoms with van der Waals surface area (Å²) in [6, 6.07) is 1.35. The van der Waals surface area contributed by atoms with Crippen molar-refractivity contribution in [3.8, 4) is 0 Å². The maximum absolute atomic E-state index is 12.9. The number of nitrogens with zero attached hydrogens (tertiary/aromatic N) is 3. The molecule has 1 aromatic rings. The minimum Gasteiger partial charge on any atom is -0.364 e. The SMILES string of the molecule is CC1(C)CCCNC1C(=O)N1CCN(S(=O)(=O)Cc2ccon2)CC1. The first-order chi connectivity index (χ1) is 11.8. The van der Waals surface area contributed by atoms with Gasteiger partial charge in [-0.25, -0.2) is 8.42 Å². The number of piperidine rings is 1. The summed E-state index contributed by atoms with van der Waals surface area (Å²) in [4.78, 5) is 14.6. The Balaban J connectivity index is 1.59. The maximum Gasteiger partial charge on any atom is 0.240 e. The van der Waals surface area contributed by atoms with Crippen molar-refractivity contribution < 1.29 is 17.7 Å². The molecule has 0 radical (unpaired) electrons. The van der Waals surface area contributed by atoms with E-state index in [0.29, 0.717) is 31.9 Å². The molecule has 0 aliphatic carbocycles. The third-order valence-corrected chi connectivity index (χ3v) is 6.95. The summed E-state index contributed by atoms with van der Waals surface area (Å²) in [7, 11) is -3.45. The van der Waals surface area contributed by atoms with Crippen LogP contribution in [0.5, 0.6) is 0 Å². The predicted octanol–water partition coefficient (Wildman–Crippen LogP) is 0.427. The number of carbonyl (C=O) groups excluding carboxylic acids is 1. The first-order valence-corrected chi connectivity index (χ1v) is 10.3. The third kappa shape index (κ3) is 4.04. The monoisotopic (exact) mass is 370 g/mol. The van der Waals surface area contributed by atoms with E-state index in [4.69, 9.17) is 4.52 Å². The van der Waals surface area contributed by atoms with E-state index >= 15 is 0 Å². The molecule has 2 saturated heterocycles. The highest BCUT2D eigenvalue weighted by Gasteiger charge is 2.40. The average molecular weight is 370 g/mol. The van der Waals surface area contributed by atoms with E-state index < -0.39 is 10.0 Å². The first kappa shape index (κ1) is 18.3. The van der Waals surface area contributed by atoms with Crippen LogP contribution >= 0.6 is 0 Å². The molecule has 0 spiro atoms. The Morgan fingerprint density at radius 2 is 2.08 bits per heavy atom. The van der Waals surface area contributed by atoms with Crippen molar-refractivity contribution in [2.75, 3.05) is 32.7 Å². The summed E-state index contributed by atoms with van der Waals surface area (Å²) in [6.07, 6.45) is 3.45. The van der Waals surface area contributed by atoms with Gasteiger partial charge in [-0.05, 0) is 24.8 Å². The molecule has 3 heterocycles. The standard InChI is InChI=1S/C16H26N4O4S/c1-16(2)5-3-6-17-14(16)15(21)19-7-9-20(10-8-19)25(22,23)12-13-4-11-24-18-13/h4,11,14,17H,3,5-10,12H2,1-2H3. The van der Waals surface area contributed by atoms with Gasteiger partial charge in [0.2, 0.25) is 15.9 Å². The lowest BCUT2D eigenvalue weighted by molar-refractivity contribution is -0.138. The number of piperazine rings is 1. The molecule has 2 aliphatic rings. The summed E-state index contributed by atoms with van der Waals surface area (Å²) >= 11 is 0. The number of rotatable bonds is 4. The molecule has 2 aliphatic heterocycles. The van der Waals surface area contributed by atoms with Crippen LogP contribution in [0.4, 0.5) is 0 Å². The molecule has 0 saturated carbocycles. The number of hydrogen-bond donors (Lipinski definition) is 1. The van der Waals surface area contributed by atoms with Gasteiger partial charge in [-0.15, -0.1) is 0 Å². The molecule has 1 unspecified atom stereocenters. The first-order valence-electron chi connectivity index (χ1n) is 8.69. The van der Waals surface area contributed by atoms with Crippen molar-refractivity contribution in [3.63, 3.8) is 0 Å². The number of sulfonamides is 1. The molecule has 1 N–H and O–H groups in total. The summed E-state index contributed by atoms with van der Waals surface area (Å²) in [5.41, 5.74) is 0.317. The van der Waals surface area contributed by atoms with E-state index in [1.165, 1.54) is 10.6 Å². The van der Waals surface area contributed by atoms with Crippen LogP contribution in [0, 0.1) is 5.41 Å². The van der Waals surface area contributed by atoms with Gasteiger partial charge < -0.3 is 14.7 Å². The highest BCUT2D eigenvalue weighted by molar-refractivity contribution is 7.88. The van der Waals surface area contributed by atoms with E-state index in [1.807, 2.05) is 0 Å². The Hall–Kier alpha value is -1.45. The fraction of sp³-hybridized carbons (Fsp3) is 0.750. The Bertz CT molecular complexity index is 694. The Labute approximate surface area is 148 Å². The zero-order chi connectivity index (χ0) is 18.1. The fourth-order valence-corrected chi connectivity index (χ4v) is 5.02. The van der Waals surface area contributed by atoms with Crippen LogP contribution in [0.2, 0.25) is 0 Å². The van der Waals surface area contributed by atoms with Crippen LogP contribution in [-0.4, -0.2) is 67.5 Å². The second-order valence-electron chi connectivity index (χ2n) is 7.45. The van der Waals surface area contributed by atoms with Gasteiger partial charge in [0.05, 0.1) is 11.7 Å². The van der Waals surface area contributed by atoms with E-state index in [9.17, 15) is 13.2 Å². The zero-order valence-corrected chi connectivity index (χ0v) is 15.6. The quantitative estimate of drug-likeness (QED) is 0.826. The van der Waals surface area contributed by atoms with Gasteiger partial charge in [0.15, 0.2) is 0 Å². The van der Waals surface area contributed by atoms with Crippen molar-refractivity contribution in [1.82, 2.24) is 19.7 Å². The maximum atomic E-state index is 12.9. The van der Waals surface area contributed by atoms with E-state index in [0.717, 1.165) is 19.4 Å². The highest BCUT2D eigenvalue weighted by Crippen LogP contribution is 2.31. The van der Waals surface area contributed by atoms with Crippen LogP contribution in [0.25, 0.3) is 0 Å². The van der Waals surface area contributed by atoms with Gasteiger partial charge in [0.1, 0.15) is 12.0 Å². The van der Waals surface area contributed by atoms with Gasteiger partial charge in [-0.1, -0.05) is 19.0 Å². The van der Waals surface area contributed by atoms with Crippen LogP contribution in [0.1, 0.15) is 32.4 Å². The molecule has 0 bridgehead atoms. The smallest absolute Gasteiger partial charge is 0.240 e. The number of carbonyl (C=O) groups is 1. The molecule has 1 atom stereocenters. The minimum atomic E-state index is -3.45. The fourth-order valence-electron chi connectivity index (χ4n) is 3.59. The molecular weight excluding hydrogens is 344 g/mol. The molecule has 1 aromatic heterocycles. The zero-order valence-electron chi connectivity index (χ0n) is 14.8. The van der Waals surface area contributed by atoms with Gasteiger partial charge >= 0.3 is 0 Å². The molecule has 3 rings (SSSR count). The Kier molecular flexibility index (Phi) is 5.17. The molecule has 0 aromatic carbocycles. The summed E-state index contributed by atoms with van der Waals surface area (Å²) in [6.45, 7) is 6.56. The van der Waals surface area contributed by atoms with Crippen molar-refractivity contribution in [2.24, 2.45) is 5.41 Å². The minimum absolute atomic E-state index is 0.0779. The van der Waals surface area contributed by atoms with Crippen molar-refractivity contribution >= 4 is 15.9 Å². The van der Waals surface area contributed by atoms with Crippen LogP contribution in [0.15, 0.2) is 16.9 Å². The number of nitrogens with one attached hydrogen (secondary N) is 1. The molecule has 8 nitrogen and oxygen atoms in total. The molecule has 25 heavy (non-hydrogen) atoms. The average Bonchev–Trinajstić information content (AvgIpc) is 3.06. The highest BCUT2D eigenvalue weighted by atomic mass is 32.2. The lowest BCUT2D eigenvalue weighted by atomic mass is 9.77. The van der Waals surface area contributed by atoms with Crippen molar-refractivity contribution in [3.05, 3.63) is 18.0 Å². The normalized spacial score (nSPS) is 25.0. The molecule has 1 amide bonds. The largest absolute Gasteiger partial charge is 0.364 e. The molecule has 9 heteroatoms. The van der Waals surface area contributed by atoms with Crippen molar-refractivity contribution in [1.29, 1.82) is 0 Å². The van der Waals surface area contributed by atoms with Gasteiger partial charge in [-0.3, -0.25) is 4.79 Å². The third-order valence-electron chi connectivity index (χ3n) is 5.14.